The minimum atomic E-state index is 0.325. The lowest BCUT2D eigenvalue weighted by molar-refractivity contribution is 0.597. The van der Waals surface area contributed by atoms with E-state index in [9.17, 15) is 0 Å². The Kier molecular flexibility index (Phi) is 3.79. The van der Waals surface area contributed by atoms with Gasteiger partial charge in [-0.15, -0.1) is 11.3 Å². The maximum absolute atomic E-state index is 5.26. The summed E-state index contributed by atoms with van der Waals surface area (Å²) >= 11 is 7.05. The fourth-order valence-electron chi connectivity index (χ4n) is 1.86. The molecule has 0 atom stereocenters. The Morgan fingerprint density at radius 3 is 2.94 bits per heavy atom. The third-order valence-corrected chi connectivity index (χ3v) is 3.91. The Hall–Kier alpha value is -0.940. The molecular formula is C12H17N3S2. The molecule has 0 spiro atoms. The smallest absolute Gasteiger partial charge is 0.195 e. The molecule has 1 N–H and O–H groups in total. The Bertz CT molecular complexity index is 548. The van der Waals surface area contributed by atoms with Gasteiger partial charge in [-0.25, -0.2) is 0 Å². The highest BCUT2D eigenvalue weighted by molar-refractivity contribution is 7.71. The maximum Gasteiger partial charge on any atom is 0.195 e. The van der Waals surface area contributed by atoms with Crippen LogP contribution in [0.1, 0.15) is 38.1 Å². The predicted molar refractivity (Wildman–Crippen MR) is 75.1 cm³/mol. The van der Waals surface area contributed by atoms with Crippen LogP contribution in [-0.2, 0) is 6.42 Å². The van der Waals surface area contributed by atoms with E-state index in [1.165, 1.54) is 16.9 Å². The van der Waals surface area contributed by atoms with Crippen molar-refractivity contribution >= 4 is 23.6 Å². The molecule has 0 amide bonds. The molecular weight excluding hydrogens is 250 g/mol. The second kappa shape index (κ2) is 5.14. The minimum Gasteiger partial charge on any atom is -0.298 e. The van der Waals surface area contributed by atoms with E-state index < -0.39 is 0 Å². The summed E-state index contributed by atoms with van der Waals surface area (Å²) in [5.74, 6) is 0.948. The molecule has 0 aromatic carbocycles. The Morgan fingerprint density at radius 1 is 1.53 bits per heavy atom. The van der Waals surface area contributed by atoms with Crippen molar-refractivity contribution < 1.29 is 0 Å². The van der Waals surface area contributed by atoms with Crippen molar-refractivity contribution in [3.05, 3.63) is 21.1 Å². The largest absolute Gasteiger partial charge is 0.298 e. The van der Waals surface area contributed by atoms with E-state index in [1.807, 2.05) is 0 Å². The molecule has 0 saturated carbocycles. The van der Waals surface area contributed by atoms with Gasteiger partial charge in [0.05, 0.1) is 0 Å². The second-order valence-electron chi connectivity index (χ2n) is 4.37. The van der Waals surface area contributed by atoms with Gasteiger partial charge in [-0.3, -0.25) is 9.67 Å². The normalized spacial score (nSPS) is 11.3. The lowest BCUT2D eigenvalue weighted by Gasteiger charge is -2.08. The summed E-state index contributed by atoms with van der Waals surface area (Å²) in [5.41, 5.74) is 1.17. The first-order valence-electron chi connectivity index (χ1n) is 5.88. The first-order chi connectivity index (χ1) is 8.13. The van der Waals surface area contributed by atoms with Crippen LogP contribution in [0.3, 0.4) is 0 Å². The zero-order valence-corrected chi connectivity index (χ0v) is 12.0. The van der Waals surface area contributed by atoms with Crippen LogP contribution in [0.2, 0.25) is 0 Å². The average molecular weight is 267 g/mol. The molecule has 0 radical (unpaired) electrons. The number of nitrogens with zero attached hydrogens (tertiary/aromatic N) is 2. The SMILES string of the molecule is CCCc1cc(-c2n[nH]c(=S)n2C(C)C)cs1. The number of H-pyrrole nitrogens is 1. The van der Waals surface area contributed by atoms with Gasteiger partial charge in [0.2, 0.25) is 0 Å². The molecule has 0 bridgehead atoms. The molecule has 2 heterocycles. The molecule has 0 aliphatic heterocycles. The molecule has 0 fully saturated rings. The predicted octanol–water partition coefficient (Wildman–Crippen LogP) is 4.20. The molecule has 17 heavy (non-hydrogen) atoms. The number of hydrogen-bond donors (Lipinski definition) is 1. The molecule has 0 aliphatic carbocycles. The molecule has 2 aromatic heterocycles. The average Bonchev–Trinajstić information content (AvgIpc) is 2.84. The van der Waals surface area contributed by atoms with E-state index in [0.717, 1.165) is 12.2 Å². The van der Waals surface area contributed by atoms with Crippen LogP contribution in [0.25, 0.3) is 11.4 Å². The topological polar surface area (TPSA) is 33.6 Å². The van der Waals surface area contributed by atoms with Gasteiger partial charge in [-0.2, -0.15) is 5.10 Å². The van der Waals surface area contributed by atoms with Crippen molar-refractivity contribution in [2.75, 3.05) is 0 Å². The van der Waals surface area contributed by atoms with Gasteiger partial charge in [0, 0.05) is 21.9 Å². The van der Waals surface area contributed by atoms with Gasteiger partial charge in [0.1, 0.15) is 0 Å². The highest BCUT2D eigenvalue weighted by atomic mass is 32.1. The molecule has 0 saturated heterocycles. The van der Waals surface area contributed by atoms with E-state index in [1.54, 1.807) is 11.3 Å². The third-order valence-electron chi connectivity index (χ3n) is 2.63. The third kappa shape index (κ3) is 2.50. The van der Waals surface area contributed by atoms with Gasteiger partial charge in [-0.05, 0) is 38.6 Å². The summed E-state index contributed by atoms with van der Waals surface area (Å²) in [4.78, 5) is 1.41. The summed E-state index contributed by atoms with van der Waals surface area (Å²) in [5, 5.41) is 9.37. The van der Waals surface area contributed by atoms with E-state index in [2.05, 4.69) is 47.0 Å². The van der Waals surface area contributed by atoms with Crippen LogP contribution >= 0.6 is 23.6 Å². The van der Waals surface area contributed by atoms with Crippen molar-refractivity contribution in [1.29, 1.82) is 0 Å². The van der Waals surface area contributed by atoms with Crippen LogP contribution in [0, 0.1) is 4.77 Å². The van der Waals surface area contributed by atoms with E-state index in [0.29, 0.717) is 10.8 Å². The van der Waals surface area contributed by atoms with Crippen molar-refractivity contribution in [2.45, 2.75) is 39.7 Å². The molecule has 92 valence electrons. The van der Waals surface area contributed by atoms with Crippen LogP contribution < -0.4 is 0 Å². The summed E-state index contributed by atoms with van der Waals surface area (Å²) < 4.78 is 2.76. The Balaban J connectivity index is 2.42. The van der Waals surface area contributed by atoms with Crippen LogP contribution in [-0.4, -0.2) is 14.8 Å². The van der Waals surface area contributed by atoms with Crippen molar-refractivity contribution in [3.8, 4) is 11.4 Å². The fraction of sp³-hybridized carbons (Fsp3) is 0.500. The fourth-order valence-corrected chi connectivity index (χ4v) is 3.17. The molecule has 3 nitrogen and oxygen atoms in total. The Morgan fingerprint density at radius 2 is 2.29 bits per heavy atom. The van der Waals surface area contributed by atoms with Crippen LogP contribution in [0.5, 0.6) is 0 Å². The number of thiophene rings is 1. The molecule has 0 unspecified atom stereocenters. The summed E-state index contributed by atoms with van der Waals surface area (Å²) in [6, 6.07) is 2.55. The van der Waals surface area contributed by atoms with E-state index in [-0.39, 0.29) is 0 Å². The number of aromatic nitrogens is 3. The molecule has 0 aliphatic rings. The first kappa shape index (κ1) is 12.5. The van der Waals surface area contributed by atoms with Crippen molar-refractivity contribution in [1.82, 2.24) is 14.8 Å². The Labute approximate surface area is 111 Å². The van der Waals surface area contributed by atoms with Crippen molar-refractivity contribution in [2.24, 2.45) is 0 Å². The zero-order valence-electron chi connectivity index (χ0n) is 10.4. The van der Waals surface area contributed by atoms with Crippen LogP contribution in [0.15, 0.2) is 11.4 Å². The maximum atomic E-state index is 5.26. The van der Waals surface area contributed by atoms with E-state index in [4.69, 9.17) is 12.2 Å². The van der Waals surface area contributed by atoms with Gasteiger partial charge in [0.25, 0.3) is 0 Å². The number of hydrogen-bond acceptors (Lipinski definition) is 3. The summed E-state index contributed by atoms with van der Waals surface area (Å²) in [7, 11) is 0. The van der Waals surface area contributed by atoms with E-state index >= 15 is 0 Å². The lowest BCUT2D eigenvalue weighted by atomic mass is 10.2. The number of aryl methyl sites for hydroxylation is 1. The van der Waals surface area contributed by atoms with Crippen molar-refractivity contribution in [3.63, 3.8) is 0 Å². The highest BCUT2D eigenvalue weighted by Crippen LogP contribution is 2.26. The molecule has 5 heteroatoms. The van der Waals surface area contributed by atoms with Gasteiger partial charge in [0.15, 0.2) is 10.6 Å². The molecule has 2 rings (SSSR count). The van der Waals surface area contributed by atoms with Gasteiger partial charge in [-0.1, -0.05) is 13.3 Å². The summed E-state index contributed by atoms with van der Waals surface area (Å²) in [6.07, 6.45) is 2.31. The second-order valence-corrected chi connectivity index (χ2v) is 5.75. The zero-order chi connectivity index (χ0) is 12.4. The van der Waals surface area contributed by atoms with Gasteiger partial charge < -0.3 is 0 Å². The quantitative estimate of drug-likeness (QED) is 0.842. The summed E-state index contributed by atoms with van der Waals surface area (Å²) in [6.45, 7) is 6.44. The number of aromatic amines is 1. The minimum absolute atomic E-state index is 0.325. The highest BCUT2D eigenvalue weighted by Gasteiger charge is 2.12. The van der Waals surface area contributed by atoms with Crippen LogP contribution in [0.4, 0.5) is 0 Å². The molecule has 2 aromatic rings. The lowest BCUT2D eigenvalue weighted by Crippen LogP contribution is -2.02. The number of nitrogens with one attached hydrogen (secondary N) is 1. The monoisotopic (exact) mass is 267 g/mol. The first-order valence-corrected chi connectivity index (χ1v) is 7.17. The van der Waals surface area contributed by atoms with Gasteiger partial charge >= 0.3 is 0 Å². The standard InChI is InChI=1S/C12H17N3S2/c1-4-5-10-6-9(7-17-10)11-13-14-12(16)15(11)8(2)3/h6-8H,4-5H2,1-3H3,(H,14,16). The number of rotatable bonds is 4.